The number of nitrogens with one attached hydrogen (secondary N) is 1. The number of primary amides is 1. The first kappa shape index (κ1) is 22.4. The van der Waals surface area contributed by atoms with Crippen LogP contribution in [0.15, 0.2) is 78.2 Å². The van der Waals surface area contributed by atoms with Crippen molar-refractivity contribution >= 4 is 28.9 Å². The summed E-state index contributed by atoms with van der Waals surface area (Å²) in [6, 6.07) is 17.8. The highest BCUT2D eigenvalue weighted by molar-refractivity contribution is 6.07. The van der Waals surface area contributed by atoms with E-state index in [1.54, 1.807) is 36.7 Å². The highest BCUT2D eigenvalue weighted by Gasteiger charge is 2.14. The van der Waals surface area contributed by atoms with E-state index in [-0.39, 0.29) is 6.61 Å². The largest absolute Gasteiger partial charge is 0.493 e. The Morgan fingerprint density at radius 2 is 1.94 bits per heavy atom. The van der Waals surface area contributed by atoms with Gasteiger partial charge in [0.25, 0.3) is 11.8 Å². The molecule has 4 aromatic rings. The Bertz CT molecular complexity index is 1370. The predicted molar refractivity (Wildman–Crippen MR) is 128 cm³/mol. The fourth-order valence-electron chi connectivity index (χ4n) is 3.29. The summed E-state index contributed by atoms with van der Waals surface area (Å²) in [4.78, 5) is 32.8. The van der Waals surface area contributed by atoms with Gasteiger partial charge in [-0.25, -0.2) is 10.4 Å². The van der Waals surface area contributed by atoms with Gasteiger partial charge in [-0.2, -0.15) is 5.10 Å². The Morgan fingerprint density at radius 1 is 1.09 bits per heavy atom. The maximum absolute atomic E-state index is 13.0. The van der Waals surface area contributed by atoms with E-state index in [0.717, 1.165) is 5.56 Å². The molecule has 0 aliphatic rings. The van der Waals surface area contributed by atoms with Crippen molar-refractivity contribution in [2.45, 2.75) is 0 Å². The molecule has 0 spiro atoms. The number of hydrogen-bond acceptors (Lipinski definition) is 7. The Kier molecular flexibility index (Phi) is 6.73. The van der Waals surface area contributed by atoms with Crippen LogP contribution in [0.1, 0.15) is 15.9 Å². The van der Waals surface area contributed by atoms with Crippen LogP contribution in [0.4, 0.5) is 0 Å². The van der Waals surface area contributed by atoms with E-state index in [1.807, 2.05) is 36.4 Å². The summed E-state index contributed by atoms with van der Waals surface area (Å²) in [5, 5.41) is 4.78. The number of hydrazone groups is 1. The summed E-state index contributed by atoms with van der Waals surface area (Å²) < 4.78 is 10.6. The fraction of sp³-hybridized carbons (Fsp3) is 0.0800. The molecule has 0 atom stereocenters. The minimum Gasteiger partial charge on any atom is -0.493 e. The predicted octanol–water partition coefficient (Wildman–Crippen LogP) is 2.93. The average Bonchev–Trinajstić information content (AvgIpc) is 2.87. The van der Waals surface area contributed by atoms with Crippen LogP contribution in [-0.4, -0.2) is 41.7 Å². The number of ether oxygens (including phenoxy) is 2. The Labute approximate surface area is 195 Å². The van der Waals surface area contributed by atoms with E-state index in [4.69, 9.17) is 15.2 Å². The number of para-hydroxylation sites is 1. The molecule has 0 unspecified atom stereocenters. The van der Waals surface area contributed by atoms with E-state index in [1.165, 1.54) is 13.3 Å². The summed E-state index contributed by atoms with van der Waals surface area (Å²) in [5.41, 5.74) is 10.9. The summed E-state index contributed by atoms with van der Waals surface area (Å²) >= 11 is 0. The number of carbonyl (C=O) groups excluding carboxylic acids is 2. The number of hydrogen-bond donors (Lipinski definition) is 2. The number of methoxy groups -OCH3 is 1. The molecule has 2 heterocycles. The third-order valence-corrected chi connectivity index (χ3v) is 4.86. The quantitative estimate of drug-likeness (QED) is 0.310. The van der Waals surface area contributed by atoms with Crippen LogP contribution in [0.25, 0.3) is 22.2 Å². The van der Waals surface area contributed by atoms with Gasteiger partial charge < -0.3 is 15.2 Å². The zero-order chi connectivity index (χ0) is 23.9. The summed E-state index contributed by atoms with van der Waals surface area (Å²) in [6.45, 7) is -0.290. The second-order valence-electron chi connectivity index (χ2n) is 7.18. The topological polar surface area (TPSA) is 129 Å². The van der Waals surface area contributed by atoms with Crippen LogP contribution >= 0.6 is 0 Å². The van der Waals surface area contributed by atoms with Crippen molar-refractivity contribution in [3.05, 3.63) is 84.2 Å². The van der Waals surface area contributed by atoms with E-state index in [0.29, 0.717) is 39.2 Å². The molecule has 0 saturated heterocycles. The molecule has 3 N–H and O–H groups in total. The van der Waals surface area contributed by atoms with Crippen molar-refractivity contribution in [3.8, 4) is 22.8 Å². The molecule has 0 saturated carbocycles. The first-order chi connectivity index (χ1) is 16.5. The maximum atomic E-state index is 13.0. The van der Waals surface area contributed by atoms with Gasteiger partial charge in [0.1, 0.15) is 0 Å². The molecule has 170 valence electrons. The first-order valence-corrected chi connectivity index (χ1v) is 10.3. The van der Waals surface area contributed by atoms with Gasteiger partial charge in [0.05, 0.1) is 30.1 Å². The second-order valence-corrected chi connectivity index (χ2v) is 7.18. The number of carbonyl (C=O) groups is 2. The van der Waals surface area contributed by atoms with Gasteiger partial charge in [0.15, 0.2) is 18.1 Å². The lowest BCUT2D eigenvalue weighted by molar-refractivity contribution is -0.119. The minimum absolute atomic E-state index is 0.290. The summed E-state index contributed by atoms with van der Waals surface area (Å²) in [6.07, 6.45) is 4.83. The van der Waals surface area contributed by atoms with Gasteiger partial charge in [-0.3, -0.25) is 14.6 Å². The number of amides is 2. The van der Waals surface area contributed by atoms with Crippen molar-refractivity contribution < 1.29 is 19.1 Å². The molecule has 0 aliphatic carbocycles. The van der Waals surface area contributed by atoms with Crippen LogP contribution in [0, 0.1) is 0 Å². The minimum atomic E-state index is -0.608. The van der Waals surface area contributed by atoms with Gasteiger partial charge >= 0.3 is 0 Å². The molecule has 2 amide bonds. The Hall–Kier alpha value is -4.79. The van der Waals surface area contributed by atoms with Crippen molar-refractivity contribution in [3.63, 3.8) is 0 Å². The smallest absolute Gasteiger partial charge is 0.272 e. The average molecular weight is 455 g/mol. The second kappa shape index (κ2) is 10.2. The van der Waals surface area contributed by atoms with Gasteiger partial charge in [-0.05, 0) is 48.0 Å². The van der Waals surface area contributed by atoms with Crippen LogP contribution in [0.3, 0.4) is 0 Å². The number of aromatic nitrogens is 2. The molecule has 0 bridgehead atoms. The van der Waals surface area contributed by atoms with Crippen molar-refractivity contribution in [2.24, 2.45) is 10.8 Å². The van der Waals surface area contributed by atoms with Gasteiger partial charge in [0, 0.05) is 23.3 Å². The van der Waals surface area contributed by atoms with E-state index in [2.05, 4.69) is 20.5 Å². The lowest BCUT2D eigenvalue weighted by Crippen LogP contribution is -2.20. The van der Waals surface area contributed by atoms with E-state index < -0.39 is 11.8 Å². The third kappa shape index (κ3) is 5.16. The van der Waals surface area contributed by atoms with Crippen molar-refractivity contribution in [2.75, 3.05) is 13.7 Å². The molecule has 0 fully saturated rings. The lowest BCUT2D eigenvalue weighted by Gasteiger charge is -2.10. The first-order valence-electron chi connectivity index (χ1n) is 10.3. The number of nitrogens with zero attached hydrogens (tertiary/aromatic N) is 3. The molecule has 0 aliphatic heterocycles. The maximum Gasteiger partial charge on any atom is 0.272 e. The monoisotopic (exact) mass is 455 g/mol. The zero-order valence-corrected chi connectivity index (χ0v) is 18.3. The molecular weight excluding hydrogens is 434 g/mol. The standard InChI is InChI=1S/C25H21N5O4/c1-33-22-9-8-16(11-23(22)34-15-24(26)31)13-28-30-25(32)19-12-21(17-5-4-10-27-14-17)29-20-7-3-2-6-18(19)20/h2-14H,15H2,1H3,(H2,26,31)(H,30,32). The summed E-state index contributed by atoms with van der Waals surface area (Å²) in [5.74, 6) is -0.228. The zero-order valence-electron chi connectivity index (χ0n) is 18.3. The van der Waals surface area contributed by atoms with Crippen LogP contribution < -0.4 is 20.6 Å². The molecule has 0 radical (unpaired) electrons. The highest BCUT2D eigenvalue weighted by Crippen LogP contribution is 2.27. The Morgan fingerprint density at radius 3 is 2.71 bits per heavy atom. The number of rotatable bonds is 8. The lowest BCUT2D eigenvalue weighted by atomic mass is 10.0. The normalized spacial score (nSPS) is 10.9. The van der Waals surface area contributed by atoms with Gasteiger partial charge in [-0.1, -0.05) is 18.2 Å². The number of fused-ring (bicyclic) bond motifs is 1. The van der Waals surface area contributed by atoms with E-state index >= 15 is 0 Å². The van der Waals surface area contributed by atoms with Gasteiger partial charge in [-0.15, -0.1) is 0 Å². The number of pyridine rings is 2. The molecule has 9 nitrogen and oxygen atoms in total. The van der Waals surface area contributed by atoms with Crippen LogP contribution in [0.2, 0.25) is 0 Å². The molecule has 34 heavy (non-hydrogen) atoms. The molecule has 2 aromatic carbocycles. The van der Waals surface area contributed by atoms with Crippen LogP contribution in [-0.2, 0) is 4.79 Å². The molecule has 2 aromatic heterocycles. The Balaban J connectivity index is 1.58. The summed E-state index contributed by atoms with van der Waals surface area (Å²) in [7, 11) is 1.49. The molecule has 9 heteroatoms. The van der Waals surface area contributed by atoms with Gasteiger partial charge in [0.2, 0.25) is 0 Å². The van der Waals surface area contributed by atoms with Crippen molar-refractivity contribution in [1.29, 1.82) is 0 Å². The van der Waals surface area contributed by atoms with Crippen LogP contribution in [0.5, 0.6) is 11.5 Å². The number of nitrogens with two attached hydrogens (primary N) is 1. The third-order valence-electron chi connectivity index (χ3n) is 4.86. The highest BCUT2D eigenvalue weighted by atomic mass is 16.5. The number of benzene rings is 2. The van der Waals surface area contributed by atoms with E-state index in [9.17, 15) is 9.59 Å². The fourth-order valence-corrected chi connectivity index (χ4v) is 3.29. The molecule has 4 rings (SSSR count). The SMILES string of the molecule is COc1ccc(C=NNC(=O)c2cc(-c3cccnc3)nc3ccccc23)cc1OCC(N)=O. The van der Waals surface area contributed by atoms with Crippen molar-refractivity contribution in [1.82, 2.24) is 15.4 Å². The molecular formula is C25H21N5O4.